The van der Waals surface area contributed by atoms with Gasteiger partial charge in [0.25, 0.3) is 5.91 Å². The van der Waals surface area contributed by atoms with Crippen LogP contribution in [0.2, 0.25) is 0 Å². The molecule has 0 aliphatic carbocycles. The van der Waals surface area contributed by atoms with Crippen LogP contribution in [0, 0.1) is 5.82 Å². The highest BCUT2D eigenvalue weighted by Gasteiger charge is 2.16. The van der Waals surface area contributed by atoms with Gasteiger partial charge in [0.15, 0.2) is 0 Å². The molecular weight excluding hydrogens is 349 g/mol. The third kappa shape index (κ3) is 4.35. The van der Waals surface area contributed by atoms with E-state index in [4.69, 9.17) is 0 Å². The van der Waals surface area contributed by atoms with Crippen molar-refractivity contribution in [3.8, 4) is 0 Å². The topological polar surface area (TPSA) is 45.2 Å². The Hall–Kier alpha value is -1.79. The van der Waals surface area contributed by atoms with E-state index >= 15 is 0 Å². The first kappa shape index (κ1) is 16.6. The van der Waals surface area contributed by atoms with Crippen molar-refractivity contribution in [2.24, 2.45) is 0 Å². The van der Waals surface area contributed by atoms with Gasteiger partial charge < -0.3 is 10.2 Å². The maximum absolute atomic E-state index is 13.4. The Morgan fingerprint density at radius 2 is 2.14 bits per heavy atom. The molecule has 0 aliphatic heterocycles. The number of aromatic nitrogens is 1. The predicted molar refractivity (Wildman–Crippen MR) is 87.1 cm³/mol. The van der Waals surface area contributed by atoms with Crippen LogP contribution in [-0.2, 0) is 0 Å². The van der Waals surface area contributed by atoms with Gasteiger partial charge in [-0.2, -0.15) is 0 Å². The second-order valence-corrected chi connectivity index (χ2v) is 6.05. The Labute approximate surface area is 137 Å². The van der Waals surface area contributed by atoms with Crippen molar-refractivity contribution < 1.29 is 9.18 Å². The molecule has 1 atom stereocenters. The summed E-state index contributed by atoms with van der Waals surface area (Å²) in [5.41, 5.74) is 1.30. The van der Waals surface area contributed by atoms with Crippen LogP contribution in [-0.4, -0.2) is 36.4 Å². The number of amides is 1. The number of nitrogens with zero attached hydrogens (tertiary/aromatic N) is 2. The first-order valence-electron chi connectivity index (χ1n) is 6.78. The van der Waals surface area contributed by atoms with Gasteiger partial charge in [0.1, 0.15) is 5.82 Å². The van der Waals surface area contributed by atoms with Crippen LogP contribution >= 0.6 is 15.9 Å². The van der Waals surface area contributed by atoms with Gasteiger partial charge in [-0.05, 0) is 53.8 Å². The summed E-state index contributed by atoms with van der Waals surface area (Å²) in [6.45, 7) is 0.377. The highest BCUT2D eigenvalue weighted by molar-refractivity contribution is 9.10. The first-order valence-corrected chi connectivity index (χ1v) is 7.57. The predicted octanol–water partition coefficient (Wildman–Crippen LogP) is 3.02. The van der Waals surface area contributed by atoms with Crippen LogP contribution in [0.25, 0.3) is 0 Å². The van der Waals surface area contributed by atoms with Crippen molar-refractivity contribution in [2.45, 2.75) is 6.04 Å². The minimum atomic E-state index is -0.285. The van der Waals surface area contributed by atoms with Crippen LogP contribution in [0.5, 0.6) is 0 Å². The van der Waals surface area contributed by atoms with E-state index in [1.807, 2.05) is 25.1 Å². The summed E-state index contributed by atoms with van der Waals surface area (Å²) in [5.74, 6) is -0.496. The SMILES string of the molecule is CN(C)[C@H](CNC(=O)c1cncc(Br)c1)c1cccc(F)c1. The zero-order valence-corrected chi connectivity index (χ0v) is 14.0. The molecule has 0 saturated carbocycles. The van der Waals surface area contributed by atoms with Gasteiger partial charge in [-0.25, -0.2) is 4.39 Å². The summed E-state index contributed by atoms with van der Waals surface area (Å²) in [4.78, 5) is 18.1. The molecule has 0 radical (unpaired) electrons. The van der Waals surface area contributed by atoms with Gasteiger partial charge in [-0.3, -0.25) is 9.78 Å². The number of nitrogens with one attached hydrogen (secondary N) is 1. The molecule has 0 unspecified atom stereocenters. The molecule has 116 valence electrons. The maximum Gasteiger partial charge on any atom is 0.252 e. The van der Waals surface area contributed by atoms with E-state index in [2.05, 4.69) is 26.2 Å². The molecule has 1 N–H and O–H groups in total. The second kappa shape index (κ2) is 7.47. The number of benzene rings is 1. The lowest BCUT2D eigenvalue weighted by Gasteiger charge is -2.25. The number of hydrogen-bond acceptors (Lipinski definition) is 3. The lowest BCUT2D eigenvalue weighted by Crippen LogP contribution is -2.34. The molecule has 2 rings (SSSR count). The molecular formula is C16H17BrFN3O. The maximum atomic E-state index is 13.4. The molecule has 1 amide bonds. The number of carbonyl (C=O) groups excluding carboxylic acids is 1. The van der Waals surface area contributed by atoms with E-state index in [9.17, 15) is 9.18 Å². The van der Waals surface area contributed by atoms with E-state index in [0.29, 0.717) is 12.1 Å². The van der Waals surface area contributed by atoms with Crippen LogP contribution in [0.3, 0.4) is 0 Å². The minimum Gasteiger partial charge on any atom is -0.350 e. The van der Waals surface area contributed by atoms with Crippen molar-refractivity contribution in [1.82, 2.24) is 15.2 Å². The zero-order valence-electron chi connectivity index (χ0n) is 12.4. The number of hydrogen-bond donors (Lipinski definition) is 1. The number of rotatable bonds is 5. The Morgan fingerprint density at radius 1 is 1.36 bits per heavy atom. The van der Waals surface area contributed by atoms with Crippen molar-refractivity contribution in [3.05, 3.63) is 64.1 Å². The highest BCUT2D eigenvalue weighted by atomic mass is 79.9. The molecule has 0 fully saturated rings. The van der Waals surface area contributed by atoms with Crippen LogP contribution in [0.15, 0.2) is 47.2 Å². The fourth-order valence-electron chi connectivity index (χ4n) is 2.14. The van der Waals surface area contributed by atoms with E-state index < -0.39 is 0 Å². The molecule has 2 aromatic rings. The van der Waals surface area contributed by atoms with Crippen molar-refractivity contribution in [1.29, 1.82) is 0 Å². The third-order valence-electron chi connectivity index (χ3n) is 3.28. The van der Waals surface area contributed by atoms with Gasteiger partial charge in [0, 0.05) is 23.4 Å². The van der Waals surface area contributed by atoms with Crippen LogP contribution in [0.1, 0.15) is 22.0 Å². The number of pyridine rings is 1. The Morgan fingerprint density at radius 3 is 2.77 bits per heavy atom. The van der Waals surface area contributed by atoms with E-state index in [1.54, 1.807) is 18.3 Å². The smallest absolute Gasteiger partial charge is 0.252 e. The first-order chi connectivity index (χ1) is 10.5. The number of likely N-dealkylation sites (N-methyl/N-ethyl adjacent to an activating group) is 1. The van der Waals surface area contributed by atoms with Crippen molar-refractivity contribution in [2.75, 3.05) is 20.6 Å². The molecule has 6 heteroatoms. The van der Waals surface area contributed by atoms with Gasteiger partial charge in [0.05, 0.1) is 11.6 Å². The second-order valence-electron chi connectivity index (χ2n) is 5.14. The molecule has 1 aromatic heterocycles. The lowest BCUT2D eigenvalue weighted by atomic mass is 10.1. The fraction of sp³-hybridized carbons (Fsp3) is 0.250. The molecule has 22 heavy (non-hydrogen) atoms. The number of carbonyl (C=O) groups is 1. The molecule has 0 aliphatic rings. The van der Waals surface area contributed by atoms with Gasteiger partial charge in [-0.1, -0.05) is 12.1 Å². The standard InChI is InChI=1S/C16H17BrFN3O/c1-21(2)15(11-4-3-5-14(18)7-11)10-20-16(22)12-6-13(17)9-19-8-12/h3-9,15H,10H2,1-2H3,(H,20,22)/t15-/m1/s1. The largest absolute Gasteiger partial charge is 0.350 e. The summed E-state index contributed by atoms with van der Waals surface area (Å²) in [6.07, 6.45) is 3.12. The normalized spacial score (nSPS) is 12.2. The minimum absolute atomic E-state index is 0.111. The van der Waals surface area contributed by atoms with Gasteiger partial charge in [-0.15, -0.1) is 0 Å². The fourth-order valence-corrected chi connectivity index (χ4v) is 2.50. The molecule has 1 aromatic carbocycles. The molecule has 4 nitrogen and oxygen atoms in total. The third-order valence-corrected chi connectivity index (χ3v) is 3.71. The Balaban J connectivity index is 2.08. The van der Waals surface area contributed by atoms with E-state index in [1.165, 1.54) is 18.3 Å². The quantitative estimate of drug-likeness (QED) is 0.885. The number of halogens is 2. The highest BCUT2D eigenvalue weighted by Crippen LogP contribution is 2.18. The van der Waals surface area contributed by atoms with Crippen LogP contribution < -0.4 is 5.32 Å². The van der Waals surface area contributed by atoms with Crippen molar-refractivity contribution >= 4 is 21.8 Å². The van der Waals surface area contributed by atoms with Crippen LogP contribution in [0.4, 0.5) is 4.39 Å². The average molecular weight is 366 g/mol. The molecule has 0 saturated heterocycles. The van der Waals surface area contributed by atoms with Gasteiger partial charge >= 0.3 is 0 Å². The summed E-state index contributed by atoms with van der Waals surface area (Å²) in [5, 5.41) is 2.86. The Bertz CT molecular complexity index is 663. The Kier molecular flexibility index (Phi) is 5.63. The van der Waals surface area contributed by atoms with E-state index in [-0.39, 0.29) is 17.8 Å². The monoisotopic (exact) mass is 365 g/mol. The summed E-state index contributed by atoms with van der Waals surface area (Å²) < 4.78 is 14.1. The average Bonchev–Trinajstić information content (AvgIpc) is 2.47. The van der Waals surface area contributed by atoms with Crippen molar-refractivity contribution in [3.63, 3.8) is 0 Å². The van der Waals surface area contributed by atoms with Gasteiger partial charge in [0.2, 0.25) is 0 Å². The lowest BCUT2D eigenvalue weighted by molar-refractivity contribution is 0.0941. The summed E-state index contributed by atoms with van der Waals surface area (Å²) >= 11 is 3.29. The van der Waals surface area contributed by atoms with E-state index in [0.717, 1.165) is 10.0 Å². The summed E-state index contributed by atoms with van der Waals surface area (Å²) in [6, 6.07) is 8.00. The molecule has 0 bridgehead atoms. The molecule has 0 spiro atoms. The summed E-state index contributed by atoms with van der Waals surface area (Å²) in [7, 11) is 3.78. The molecule has 1 heterocycles. The zero-order chi connectivity index (χ0) is 16.1.